The molecule has 1 aliphatic carbocycles. The highest BCUT2D eigenvalue weighted by molar-refractivity contribution is 6.00. The van der Waals surface area contributed by atoms with Crippen LogP contribution in [0.5, 0.6) is 0 Å². The third kappa shape index (κ3) is 3.07. The van der Waals surface area contributed by atoms with Crippen molar-refractivity contribution in [3.63, 3.8) is 0 Å². The van der Waals surface area contributed by atoms with Gasteiger partial charge in [0.25, 0.3) is 0 Å². The van der Waals surface area contributed by atoms with Crippen LogP contribution in [-0.4, -0.2) is 33.1 Å². The summed E-state index contributed by atoms with van der Waals surface area (Å²) in [4.78, 5) is 27.6. The van der Waals surface area contributed by atoms with Gasteiger partial charge in [0, 0.05) is 12.1 Å². The molecule has 156 valence electrons. The van der Waals surface area contributed by atoms with Crippen molar-refractivity contribution in [2.24, 2.45) is 0 Å². The summed E-state index contributed by atoms with van der Waals surface area (Å²) in [6, 6.07) is 4.43. The lowest BCUT2D eigenvalue weighted by Crippen LogP contribution is -2.51. The summed E-state index contributed by atoms with van der Waals surface area (Å²) in [5, 5.41) is 17.7. The van der Waals surface area contributed by atoms with Crippen LogP contribution in [0.3, 0.4) is 0 Å². The highest BCUT2D eigenvalue weighted by Crippen LogP contribution is 2.56. The van der Waals surface area contributed by atoms with Crippen LogP contribution in [0.15, 0.2) is 24.4 Å². The van der Waals surface area contributed by atoms with E-state index in [1.54, 1.807) is 12.1 Å². The molecule has 1 unspecified atom stereocenters. The summed E-state index contributed by atoms with van der Waals surface area (Å²) in [5.74, 6) is -4.38. The lowest BCUT2D eigenvalue weighted by Gasteiger charge is -2.22. The number of imide groups is 1. The molecule has 11 heteroatoms. The minimum Gasteiger partial charge on any atom is -0.337 e. The molecule has 1 aliphatic heterocycles. The molecule has 31 heavy (non-hydrogen) atoms. The first-order valence-corrected chi connectivity index (χ1v) is 9.39. The van der Waals surface area contributed by atoms with Gasteiger partial charge in [-0.05, 0) is 42.0 Å². The van der Waals surface area contributed by atoms with Crippen LogP contribution < -0.4 is 10.6 Å². The van der Waals surface area contributed by atoms with E-state index in [2.05, 4.69) is 20.7 Å². The lowest BCUT2D eigenvalue weighted by molar-refractivity contribution is -0.122. The molecule has 1 aromatic carbocycles. The van der Waals surface area contributed by atoms with E-state index in [0.29, 0.717) is 12.0 Å². The summed E-state index contributed by atoms with van der Waals surface area (Å²) >= 11 is 0. The highest BCUT2D eigenvalue weighted by Gasteiger charge is 2.44. The molecule has 3 atom stereocenters. The predicted octanol–water partition coefficient (Wildman–Crippen LogP) is 2.21. The number of rotatable bonds is 3. The Balaban J connectivity index is 1.55. The number of benzene rings is 1. The summed E-state index contributed by atoms with van der Waals surface area (Å²) in [5.41, 5.74) is 0.700. The molecule has 3 aromatic rings. The minimum absolute atomic E-state index is 0.0114. The molecule has 5 rings (SSSR count). The maximum atomic E-state index is 14.5. The fourth-order valence-electron chi connectivity index (χ4n) is 4.01. The number of nitrogens with zero attached hydrogens (tertiary/aromatic N) is 4. The summed E-state index contributed by atoms with van der Waals surface area (Å²) in [6.45, 7) is -0.0114. The van der Waals surface area contributed by atoms with Gasteiger partial charge in [-0.2, -0.15) is 19.3 Å². The van der Waals surface area contributed by atoms with Crippen LogP contribution in [0.4, 0.5) is 18.0 Å². The molecule has 3 amide bonds. The van der Waals surface area contributed by atoms with E-state index in [0.717, 1.165) is 22.8 Å². The summed E-state index contributed by atoms with van der Waals surface area (Å²) < 4.78 is 43.7. The van der Waals surface area contributed by atoms with E-state index in [1.807, 2.05) is 0 Å². The minimum atomic E-state index is -0.844. The number of carbonyl (C=O) groups is 2. The largest absolute Gasteiger partial charge is 0.337 e. The molecule has 3 heterocycles. The normalized spacial score (nSPS) is 22.7. The first-order valence-electron chi connectivity index (χ1n) is 9.39. The van der Waals surface area contributed by atoms with Crippen molar-refractivity contribution in [2.75, 3.05) is 6.54 Å². The van der Waals surface area contributed by atoms with Gasteiger partial charge in [0.05, 0.1) is 23.4 Å². The van der Waals surface area contributed by atoms with Crippen molar-refractivity contribution < 1.29 is 22.8 Å². The maximum Gasteiger partial charge on any atom is 0.321 e. The van der Waals surface area contributed by atoms with Gasteiger partial charge in [-0.1, -0.05) is 0 Å². The van der Waals surface area contributed by atoms with Crippen LogP contribution in [-0.2, 0) is 4.79 Å². The van der Waals surface area contributed by atoms with Crippen LogP contribution in [0, 0.1) is 28.9 Å². The lowest BCUT2D eigenvalue weighted by atomic mass is 9.98. The zero-order valence-electron chi connectivity index (χ0n) is 15.7. The SMILES string of the molecule is N#Cc1cc(F)c([C@H]2C[C@@H]2c2cc(C3CNC(=O)NC3=O)nn3c(F)cnc23)cc1F. The van der Waals surface area contributed by atoms with Gasteiger partial charge in [0.1, 0.15) is 17.7 Å². The van der Waals surface area contributed by atoms with Crippen LogP contribution in [0.25, 0.3) is 5.65 Å². The van der Waals surface area contributed by atoms with Gasteiger partial charge < -0.3 is 5.32 Å². The number of urea groups is 1. The molecular weight excluding hydrogens is 413 g/mol. The highest BCUT2D eigenvalue weighted by atomic mass is 19.1. The van der Waals surface area contributed by atoms with E-state index in [4.69, 9.17) is 5.26 Å². The zero-order chi connectivity index (χ0) is 21.9. The second-order valence-corrected chi connectivity index (χ2v) is 7.51. The second kappa shape index (κ2) is 6.80. The Hall–Kier alpha value is -3.94. The fourth-order valence-corrected chi connectivity index (χ4v) is 4.01. The van der Waals surface area contributed by atoms with Crippen molar-refractivity contribution in [1.82, 2.24) is 25.2 Å². The van der Waals surface area contributed by atoms with E-state index < -0.39 is 41.4 Å². The molecule has 1 saturated heterocycles. The van der Waals surface area contributed by atoms with Crippen molar-refractivity contribution in [3.8, 4) is 6.07 Å². The Morgan fingerprint density at radius 2 is 1.87 bits per heavy atom. The van der Waals surface area contributed by atoms with Crippen LogP contribution in [0.1, 0.15) is 46.6 Å². The number of amides is 3. The van der Waals surface area contributed by atoms with Crippen LogP contribution in [0.2, 0.25) is 0 Å². The molecule has 2 aromatic heterocycles. The molecule has 8 nitrogen and oxygen atoms in total. The van der Waals surface area contributed by atoms with Crippen molar-refractivity contribution in [1.29, 1.82) is 5.26 Å². The Bertz CT molecular complexity index is 1310. The number of aromatic nitrogens is 3. The van der Waals surface area contributed by atoms with Crippen molar-refractivity contribution >= 4 is 17.6 Å². The number of hydrogen-bond acceptors (Lipinski definition) is 5. The Morgan fingerprint density at radius 3 is 2.61 bits per heavy atom. The van der Waals surface area contributed by atoms with Gasteiger partial charge in [-0.3, -0.25) is 10.1 Å². The van der Waals surface area contributed by atoms with Crippen molar-refractivity contribution in [3.05, 3.63) is 64.4 Å². The number of halogens is 3. The Labute approximate surface area is 172 Å². The number of hydrogen-bond donors (Lipinski definition) is 2. The third-order valence-electron chi connectivity index (χ3n) is 5.65. The standard InChI is InChI=1S/C20H13F3N6O2/c21-14-3-11(15(22)1-8(14)5-24)9-2-10(9)12-4-16(13-6-26-20(31)27-19(13)30)28-29-17(23)7-25-18(12)29/h1,3-4,7,9-10,13H,2,6H2,(H2,26,27,30,31)/t9-,10-,13?/m0/s1. The van der Waals surface area contributed by atoms with Gasteiger partial charge in [0.15, 0.2) is 5.65 Å². The van der Waals surface area contributed by atoms with Gasteiger partial charge in [-0.15, -0.1) is 0 Å². The predicted molar refractivity (Wildman–Crippen MR) is 98.4 cm³/mol. The van der Waals surface area contributed by atoms with E-state index in [-0.39, 0.29) is 34.9 Å². The molecule has 2 fully saturated rings. The molecule has 2 aliphatic rings. The van der Waals surface area contributed by atoms with E-state index in [1.165, 1.54) is 0 Å². The quantitative estimate of drug-likeness (QED) is 0.667. The molecule has 2 N–H and O–H groups in total. The number of nitrogens with one attached hydrogen (secondary N) is 2. The first-order chi connectivity index (χ1) is 14.9. The zero-order valence-corrected chi connectivity index (χ0v) is 15.7. The second-order valence-electron chi connectivity index (χ2n) is 7.51. The molecule has 1 saturated carbocycles. The van der Waals surface area contributed by atoms with Gasteiger partial charge in [-0.25, -0.2) is 18.6 Å². The molecule has 0 radical (unpaired) electrons. The maximum absolute atomic E-state index is 14.5. The fraction of sp³-hybridized carbons (Fsp3) is 0.250. The number of fused-ring (bicyclic) bond motifs is 1. The Morgan fingerprint density at radius 1 is 1.10 bits per heavy atom. The summed E-state index contributed by atoms with van der Waals surface area (Å²) in [7, 11) is 0. The molecule has 0 spiro atoms. The van der Waals surface area contributed by atoms with Gasteiger partial charge >= 0.3 is 6.03 Å². The smallest absolute Gasteiger partial charge is 0.321 e. The average Bonchev–Trinajstić information content (AvgIpc) is 3.44. The molecule has 0 bridgehead atoms. The monoisotopic (exact) mass is 426 g/mol. The number of nitriles is 1. The topological polar surface area (TPSA) is 112 Å². The summed E-state index contributed by atoms with van der Waals surface area (Å²) in [6.07, 6.45) is 1.43. The number of carbonyl (C=O) groups excluding carboxylic acids is 2. The van der Waals surface area contributed by atoms with E-state index in [9.17, 15) is 22.8 Å². The van der Waals surface area contributed by atoms with Gasteiger partial charge in [0.2, 0.25) is 11.9 Å². The third-order valence-corrected chi connectivity index (χ3v) is 5.65. The van der Waals surface area contributed by atoms with Crippen LogP contribution >= 0.6 is 0 Å². The first kappa shape index (κ1) is 19.0. The van der Waals surface area contributed by atoms with Crippen molar-refractivity contribution in [2.45, 2.75) is 24.2 Å². The number of imidazole rings is 1. The average molecular weight is 426 g/mol. The van der Waals surface area contributed by atoms with E-state index >= 15 is 0 Å². The molecular formula is C20H13F3N6O2. The Kier molecular flexibility index (Phi) is 4.18.